The quantitative estimate of drug-likeness (QED) is 0.351. The predicted octanol–water partition coefficient (Wildman–Crippen LogP) is 4.31. The first-order valence-electron chi connectivity index (χ1n) is 11.4. The molecule has 0 amide bonds. The van der Waals surface area contributed by atoms with Gasteiger partial charge in [0.2, 0.25) is 0 Å². The predicted molar refractivity (Wildman–Crippen MR) is 141 cm³/mol. The molecule has 35 heavy (non-hydrogen) atoms. The summed E-state index contributed by atoms with van der Waals surface area (Å²) in [5, 5.41) is 0. The molecule has 1 atom stereocenters. The summed E-state index contributed by atoms with van der Waals surface area (Å²) in [6, 6.07) is 14.9. The Morgan fingerprint density at radius 1 is 1.17 bits per heavy atom. The second-order valence-corrected chi connectivity index (χ2v) is 10.2. The second kappa shape index (κ2) is 10.7. The van der Waals surface area contributed by atoms with Crippen molar-refractivity contribution in [2.24, 2.45) is 4.99 Å². The summed E-state index contributed by atoms with van der Waals surface area (Å²) in [5.74, 6) is 0.324. The third kappa shape index (κ3) is 5.28. The minimum absolute atomic E-state index is 0.191. The highest BCUT2D eigenvalue weighted by molar-refractivity contribution is 7.98. The van der Waals surface area contributed by atoms with Crippen LogP contribution in [-0.2, 0) is 9.53 Å². The number of benzene rings is 2. The number of thiazole rings is 1. The molecule has 0 bridgehead atoms. The maximum Gasteiger partial charge on any atom is 0.338 e. The van der Waals surface area contributed by atoms with Gasteiger partial charge in [0.15, 0.2) is 4.80 Å². The van der Waals surface area contributed by atoms with Gasteiger partial charge in [-0.1, -0.05) is 35.6 Å². The molecule has 6 nitrogen and oxygen atoms in total. The number of esters is 1. The summed E-state index contributed by atoms with van der Waals surface area (Å²) in [5.41, 5.74) is 2.47. The Morgan fingerprint density at radius 2 is 1.86 bits per heavy atom. The molecule has 1 unspecified atom stereocenters. The van der Waals surface area contributed by atoms with E-state index in [1.165, 1.54) is 11.3 Å². The number of nitrogens with zero attached hydrogens (tertiary/aromatic N) is 2. The van der Waals surface area contributed by atoms with Gasteiger partial charge in [-0.15, -0.1) is 11.8 Å². The normalized spacial score (nSPS) is 15.7. The van der Waals surface area contributed by atoms with Crippen LogP contribution >= 0.6 is 23.1 Å². The van der Waals surface area contributed by atoms with Crippen molar-refractivity contribution in [3.8, 4) is 5.75 Å². The molecule has 0 spiro atoms. The lowest BCUT2D eigenvalue weighted by atomic mass is 9.96. The molecule has 0 radical (unpaired) electrons. The summed E-state index contributed by atoms with van der Waals surface area (Å²) < 4.78 is 13.2. The van der Waals surface area contributed by atoms with Gasteiger partial charge in [0.05, 0.1) is 34.6 Å². The highest BCUT2D eigenvalue weighted by Crippen LogP contribution is 2.32. The first kappa shape index (κ1) is 25.0. The number of carbonyl (C=O) groups excluding carboxylic acids is 1. The smallest absolute Gasteiger partial charge is 0.338 e. The fourth-order valence-electron chi connectivity index (χ4n) is 3.94. The highest BCUT2D eigenvalue weighted by Gasteiger charge is 2.33. The van der Waals surface area contributed by atoms with Crippen LogP contribution < -0.4 is 19.6 Å². The molecule has 1 aliphatic heterocycles. The molecule has 0 N–H and O–H groups in total. The minimum Gasteiger partial charge on any atom is -0.494 e. The Balaban J connectivity index is 1.87. The van der Waals surface area contributed by atoms with Crippen LogP contribution in [0.3, 0.4) is 0 Å². The lowest BCUT2D eigenvalue weighted by molar-refractivity contribution is -0.143. The number of thioether (sulfide) groups is 1. The number of hydrogen-bond donors (Lipinski definition) is 0. The molecule has 2 heterocycles. The van der Waals surface area contributed by atoms with E-state index in [0.29, 0.717) is 27.2 Å². The van der Waals surface area contributed by atoms with E-state index in [9.17, 15) is 9.59 Å². The van der Waals surface area contributed by atoms with E-state index in [0.717, 1.165) is 21.8 Å². The van der Waals surface area contributed by atoms with Crippen molar-refractivity contribution in [1.29, 1.82) is 0 Å². The van der Waals surface area contributed by atoms with Crippen molar-refractivity contribution >= 4 is 35.1 Å². The maximum atomic E-state index is 13.7. The van der Waals surface area contributed by atoms with Crippen LogP contribution in [0.25, 0.3) is 6.08 Å². The second-order valence-electron chi connectivity index (χ2n) is 8.31. The van der Waals surface area contributed by atoms with Crippen molar-refractivity contribution < 1.29 is 14.3 Å². The Hall–Kier alpha value is -3.10. The monoisotopic (exact) mass is 508 g/mol. The lowest BCUT2D eigenvalue weighted by Crippen LogP contribution is -2.40. The minimum atomic E-state index is -0.615. The third-order valence-electron chi connectivity index (χ3n) is 5.50. The average Bonchev–Trinajstić information content (AvgIpc) is 3.13. The van der Waals surface area contributed by atoms with Gasteiger partial charge in [-0.3, -0.25) is 9.36 Å². The number of rotatable bonds is 7. The summed E-state index contributed by atoms with van der Waals surface area (Å²) in [7, 11) is 0. The van der Waals surface area contributed by atoms with E-state index < -0.39 is 12.0 Å². The van der Waals surface area contributed by atoms with Crippen molar-refractivity contribution in [2.75, 3.05) is 12.9 Å². The van der Waals surface area contributed by atoms with Gasteiger partial charge in [-0.2, -0.15) is 0 Å². The van der Waals surface area contributed by atoms with Gasteiger partial charge in [0.1, 0.15) is 5.75 Å². The van der Waals surface area contributed by atoms with Crippen LogP contribution in [0.2, 0.25) is 0 Å². The largest absolute Gasteiger partial charge is 0.494 e. The van der Waals surface area contributed by atoms with Gasteiger partial charge in [0.25, 0.3) is 5.56 Å². The molecule has 3 aromatic rings. The van der Waals surface area contributed by atoms with Crippen LogP contribution in [-0.4, -0.2) is 29.5 Å². The van der Waals surface area contributed by atoms with E-state index in [1.54, 1.807) is 23.3 Å². The van der Waals surface area contributed by atoms with E-state index >= 15 is 0 Å². The third-order valence-corrected chi connectivity index (χ3v) is 7.23. The van der Waals surface area contributed by atoms with Crippen molar-refractivity contribution in [3.63, 3.8) is 0 Å². The summed E-state index contributed by atoms with van der Waals surface area (Å²) in [6.07, 6.45) is 3.57. The van der Waals surface area contributed by atoms with Crippen molar-refractivity contribution in [2.45, 2.75) is 44.7 Å². The van der Waals surface area contributed by atoms with Gasteiger partial charge in [-0.05, 0) is 75.4 Å². The summed E-state index contributed by atoms with van der Waals surface area (Å²) >= 11 is 2.95. The molecular weight excluding hydrogens is 480 g/mol. The number of aromatic nitrogens is 1. The Labute approximate surface area is 212 Å². The maximum absolute atomic E-state index is 13.7. The fourth-order valence-corrected chi connectivity index (χ4v) is 5.40. The molecule has 182 valence electrons. The van der Waals surface area contributed by atoms with Crippen LogP contribution in [0.15, 0.2) is 74.5 Å². The SMILES string of the molecule is CCOc1ccc(C=c2sc3n(c2=O)C(c2ccc(SC)cc2)C(C(=O)OC(C)C)=C(C)N=3)cc1. The van der Waals surface area contributed by atoms with Crippen LogP contribution in [0.4, 0.5) is 0 Å². The Morgan fingerprint density at radius 3 is 2.46 bits per heavy atom. The zero-order chi connectivity index (χ0) is 25.1. The van der Waals surface area contributed by atoms with Crippen LogP contribution in [0.1, 0.15) is 44.9 Å². The van der Waals surface area contributed by atoms with Gasteiger partial charge in [-0.25, -0.2) is 9.79 Å². The number of hydrogen-bond acceptors (Lipinski definition) is 7. The molecule has 1 aliphatic rings. The summed E-state index contributed by atoms with van der Waals surface area (Å²) in [4.78, 5) is 33.1. The zero-order valence-electron chi connectivity index (χ0n) is 20.4. The molecule has 1 aromatic heterocycles. The zero-order valence-corrected chi connectivity index (χ0v) is 22.0. The molecule has 4 rings (SSSR count). The molecular formula is C27H28N2O4S2. The molecule has 8 heteroatoms. The number of fused-ring (bicyclic) bond motifs is 1. The van der Waals surface area contributed by atoms with E-state index in [4.69, 9.17) is 9.47 Å². The number of carbonyl (C=O) groups is 1. The van der Waals surface area contributed by atoms with E-state index in [2.05, 4.69) is 4.99 Å². The topological polar surface area (TPSA) is 69.9 Å². The molecule has 0 fully saturated rings. The lowest BCUT2D eigenvalue weighted by Gasteiger charge is -2.25. The number of allylic oxidation sites excluding steroid dienone is 1. The van der Waals surface area contributed by atoms with E-state index in [1.807, 2.05) is 81.6 Å². The average molecular weight is 509 g/mol. The van der Waals surface area contributed by atoms with Crippen molar-refractivity contribution in [1.82, 2.24) is 4.57 Å². The summed E-state index contributed by atoms with van der Waals surface area (Å²) in [6.45, 7) is 7.94. The highest BCUT2D eigenvalue weighted by atomic mass is 32.2. The molecule has 0 aliphatic carbocycles. The van der Waals surface area contributed by atoms with Crippen LogP contribution in [0.5, 0.6) is 5.75 Å². The van der Waals surface area contributed by atoms with Gasteiger partial charge < -0.3 is 9.47 Å². The first-order valence-corrected chi connectivity index (χ1v) is 13.5. The fraction of sp³-hybridized carbons (Fsp3) is 0.296. The van der Waals surface area contributed by atoms with Gasteiger partial charge in [0, 0.05) is 4.90 Å². The van der Waals surface area contributed by atoms with Crippen molar-refractivity contribution in [3.05, 3.63) is 90.6 Å². The molecule has 0 saturated heterocycles. The van der Waals surface area contributed by atoms with Gasteiger partial charge >= 0.3 is 5.97 Å². The molecule has 0 saturated carbocycles. The van der Waals surface area contributed by atoms with E-state index in [-0.39, 0.29) is 11.7 Å². The Bertz CT molecular complexity index is 1430. The standard InChI is InChI=1S/C27H28N2O4S2/c1-6-32-20-11-7-18(8-12-20)15-22-25(30)29-24(19-9-13-21(34-5)14-10-19)23(26(31)33-16(2)3)17(4)28-27(29)35-22/h7-16,24H,6H2,1-5H3. The Kier molecular flexibility index (Phi) is 7.62. The number of ether oxygens (including phenoxy) is 2. The molecule has 2 aromatic carbocycles. The van der Waals surface area contributed by atoms with Crippen LogP contribution in [0, 0.1) is 0 Å². The first-order chi connectivity index (χ1) is 16.8.